The van der Waals surface area contributed by atoms with E-state index in [0.717, 1.165) is 0 Å². The molecule has 0 aliphatic heterocycles. The monoisotopic (exact) mass is 143 g/mol. The Bertz CT molecular complexity index is 108. The molecule has 0 heterocycles. The van der Waals surface area contributed by atoms with Crippen molar-refractivity contribution in [2.45, 2.75) is 6.92 Å². The van der Waals surface area contributed by atoms with Crippen molar-refractivity contribution in [1.82, 2.24) is 0 Å². The van der Waals surface area contributed by atoms with Gasteiger partial charge in [0.05, 0.1) is 12.9 Å². The van der Waals surface area contributed by atoms with Gasteiger partial charge in [-0.2, -0.15) is 8.42 Å². The molecular formula is C3H9FO3S. The summed E-state index contributed by atoms with van der Waals surface area (Å²) in [5.41, 5.74) is 0. The van der Waals surface area contributed by atoms with E-state index in [1.807, 2.05) is 0 Å². The van der Waals surface area contributed by atoms with Gasteiger partial charge in [0, 0.05) is 0 Å². The summed E-state index contributed by atoms with van der Waals surface area (Å²) in [6.07, 6.45) is 0.715. The Morgan fingerprint density at radius 3 is 1.62 bits per heavy atom. The maximum absolute atomic E-state index is 10.3. The minimum Gasteiger partial charge on any atom is -0.286 e. The Morgan fingerprint density at radius 1 is 1.62 bits per heavy atom. The smallest absolute Gasteiger partial charge is 0.261 e. The van der Waals surface area contributed by atoms with Crippen molar-refractivity contribution in [2.75, 3.05) is 12.9 Å². The van der Waals surface area contributed by atoms with Crippen molar-refractivity contribution in [1.29, 1.82) is 0 Å². The van der Waals surface area contributed by atoms with Crippen LogP contribution in [0.15, 0.2) is 0 Å². The molecule has 0 aromatic carbocycles. The average molecular weight is 143 g/mol. The fourth-order valence-electron chi connectivity index (χ4n) is 0. The van der Waals surface area contributed by atoms with Gasteiger partial charge in [0.15, 0.2) is 0 Å². The normalized spacial score (nSPS) is 9.50. The number of hydrogen-bond acceptors (Lipinski definition) is 2. The molecule has 0 bridgehead atoms. The predicted molar refractivity (Wildman–Crippen MR) is 29.1 cm³/mol. The zero-order valence-electron chi connectivity index (χ0n) is 4.76. The van der Waals surface area contributed by atoms with E-state index in [0.29, 0.717) is 6.26 Å². The molecule has 52 valence electrons. The van der Waals surface area contributed by atoms with Crippen LogP contribution < -0.4 is 0 Å². The lowest BCUT2D eigenvalue weighted by Crippen LogP contribution is -1.88. The molecule has 0 saturated heterocycles. The molecule has 3 nitrogen and oxygen atoms in total. The maximum Gasteiger partial charge on any atom is 0.261 e. The maximum atomic E-state index is 10.3. The zero-order chi connectivity index (χ0) is 7.21. The second-order valence-electron chi connectivity index (χ2n) is 1.00. The zero-order valence-corrected chi connectivity index (χ0v) is 5.57. The molecule has 0 unspecified atom stereocenters. The summed E-state index contributed by atoms with van der Waals surface area (Å²) in [5.74, 6) is 0. The van der Waals surface area contributed by atoms with Gasteiger partial charge in [-0.3, -0.25) is 8.94 Å². The van der Waals surface area contributed by atoms with Crippen LogP contribution in [0.1, 0.15) is 6.92 Å². The summed E-state index contributed by atoms with van der Waals surface area (Å²) in [7, 11) is -3.67. The van der Waals surface area contributed by atoms with E-state index in [1.54, 1.807) is 0 Å². The van der Waals surface area contributed by atoms with Gasteiger partial charge in [0.2, 0.25) is 0 Å². The third-order valence-corrected chi connectivity index (χ3v) is 0. The highest BCUT2D eigenvalue weighted by Crippen LogP contribution is 1.60. The van der Waals surface area contributed by atoms with Crippen molar-refractivity contribution in [2.24, 2.45) is 0 Å². The Kier molecular flexibility index (Phi) is 6.70. The van der Waals surface area contributed by atoms with Crippen molar-refractivity contribution >= 4 is 10.1 Å². The van der Waals surface area contributed by atoms with E-state index in [2.05, 4.69) is 0 Å². The SMILES string of the molecule is CC[18F].CS(=O)(=O)O. The van der Waals surface area contributed by atoms with Crippen LogP contribution in [0.4, 0.5) is 4.39 Å². The van der Waals surface area contributed by atoms with Crippen LogP contribution in [0, 0.1) is 0 Å². The van der Waals surface area contributed by atoms with Crippen LogP contribution >= 0.6 is 0 Å². The molecule has 8 heavy (non-hydrogen) atoms. The van der Waals surface area contributed by atoms with Gasteiger partial charge >= 0.3 is 0 Å². The highest BCUT2D eigenvalue weighted by Gasteiger charge is 1.81. The molecule has 0 fully saturated rings. The van der Waals surface area contributed by atoms with Gasteiger partial charge in [-0.1, -0.05) is 0 Å². The number of alkyl halides is 1. The molecule has 0 aliphatic rings. The summed E-state index contributed by atoms with van der Waals surface area (Å²) in [4.78, 5) is 0. The average Bonchev–Trinajstić information content (AvgIpc) is 1.27. The molecule has 5 heteroatoms. The van der Waals surface area contributed by atoms with E-state index in [1.165, 1.54) is 6.92 Å². The van der Waals surface area contributed by atoms with Gasteiger partial charge in [-0.15, -0.1) is 0 Å². The second-order valence-corrected chi connectivity index (χ2v) is 2.47. The molecule has 1 N–H and O–H groups in total. The van der Waals surface area contributed by atoms with Crippen molar-refractivity contribution < 1.29 is 17.4 Å². The van der Waals surface area contributed by atoms with Crippen molar-refractivity contribution in [3.63, 3.8) is 0 Å². The van der Waals surface area contributed by atoms with Gasteiger partial charge < -0.3 is 0 Å². The Morgan fingerprint density at radius 2 is 1.62 bits per heavy atom. The molecular weight excluding hydrogens is 134 g/mol. The van der Waals surface area contributed by atoms with Crippen molar-refractivity contribution in [3.05, 3.63) is 0 Å². The Labute approximate surface area is 48.3 Å². The third-order valence-electron chi connectivity index (χ3n) is 0. The third kappa shape index (κ3) is 5340. The van der Waals surface area contributed by atoms with E-state index in [-0.39, 0.29) is 6.67 Å². The topological polar surface area (TPSA) is 54.4 Å². The summed E-state index contributed by atoms with van der Waals surface area (Å²) in [5, 5.41) is 0. The predicted octanol–water partition coefficient (Wildman–Crippen LogP) is 0.480. The second kappa shape index (κ2) is 4.99. The van der Waals surface area contributed by atoms with Gasteiger partial charge in [-0.05, 0) is 6.92 Å². The van der Waals surface area contributed by atoms with Crippen LogP contribution in [0.25, 0.3) is 0 Å². The highest BCUT2D eigenvalue weighted by atomic mass is 32.2. The largest absolute Gasteiger partial charge is 0.286 e. The molecule has 0 rings (SSSR count). The Balaban J connectivity index is 0. The Hall–Kier alpha value is -0.160. The van der Waals surface area contributed by atoms with Crippen LogP contribution in [0.5, 0.6) is 0 Å². The lowest BCUT2D eigenvalue weighted by Gasteiger charge is -1.69. The molecule has 0 aromatic heterocycles. The molecule has 0 radical (unpaired) electrons. The van der Waals surface area contributed by atoms with E-state index in [4.69, 9.17) is 4.55 Å². The van der Waals surface area contributed by atoms with Crippen LogP contribution in [0.2, 0.25) is 0 Å². The lowest BCUT2D eigenvalue weighted by atomic mass is 10.9. The first kappa shape index (κ1) is 10.8. The van der Waals surface area contributed by atoms with E-state index < -0.39 is 10.1 Å². The first-order chi connectivity index (χ1) is 3.41. The summed E-state index contributed by atoms with van der Waals surface area (Å²) in [6, 6.07) is 0. The first-order valence-electron chi connectivity index (χ1n) is 1.90. The summed E-state index contributed by atoms with van der Waals surface area (Å²) < 4.78 is 36.2. The summed E-state index contributed by atoms with van der Waals surface area (Å²) in [6.45, 7) is 1.21. The molecule has 0 aliphatic carbocycles. The molecule has 0 spiro atoms. The minimum atomic E-state index is -3.67. The minimum absolute atomic E-state index is 0.250. The van der Waals surface area contributed by atoms with Crippen molar-refractivity contribution in [3.8, 4) is 0 Å². The standard InChI is InChI=1S/C2H5F.CH4O3S/c1-2-3;1-5(2,3)4/h2H2,1H3;1H3,(H,2,3,4)/i3-1;. The van der Waals surface area contributed by atoms with Gasteiger partial charge in [-0.25, -0.2) is 0 Å². The lowest BCUT2D eigenvalue weighted by molar-refractivity contribution is 0.490. The van der Waals surface area contributed by atoms with Gasteiger partial charge in [0.1, 0.15) is 0 Å². The fraction of sp³-hybridized carbons (Fsp3) is 1.00. The van der Waals surface area contributed by atoms with E-state index >= 15 is 0 Å². The molecule has 0 saturated carbocycles. The molecule has 0 aromatic rings. The number of hydrogen-bond donors (Lipinski definition) is 1. The summed E-state index contributed by atoms with van der Waals surface area (Å²) >= 11 is 0. The molecule has 0 amide bonds. The van der Waals surface area contributed by atoms with Crippen LogP contribution in [-0.4, -0.2) is 25.9 Å². The molecule has 0 atom stereocenters. The van der Waals surface area contributed by atoms with Crippen LogP contribution in [0.3, 0.4) is 0 Å². The first-order valence-corrected chi connectivity index (χ1v) is 3.75. The van der Waals surface area contributed by atoms with E-state index in [9.17, 15) is 12.8 Å². The number of halogens is 1. The number of rotatable bonds is 0. The fourth-order valence-corrected chi connectivity index (χ4v) is 0. The quantitative estimate of drug-likeness (QED) is 0.502. The van der Waals surface area contributed by atoms with Crippen LogP contribution in [-0.2, 0) is 10.1 Å². The highest BCUT2D eigenvalue weighted by molar-refractivity contribution is 7.85. The van der Waals surface area contributed by atoms with Gasteiger partial charge in [0.25, 0.3) is 10.1 Å².